The lowest BCUT2D eigenvalue weighted by Gasteiger charge is -2.29. The summed E-state index contributed by atoms with van der Waals surface area (Å²) < 4.78 is 16.2. The summed E-state index contributed by atoms with van der Waals surface area (Å²) in [6, 6.07) is 10.4. The maximum Gasteiger partial charge on any atom is 0.265 e. The van der Waals surface area contributed by atoms with Crippen LogP contribution in [-0.2, 0) is 9.59 Å². The van der Waals surface area contributed by atoms with Crippen molar-refractivity contribution in [2.45, 2.75) is 19.3 Å². The van der Waals surface area contributed by atoms with Crippen molar-refractivity contribution in [3.8, 4) is 17.2 Å². The summed E-state index contributed by atoms with van der Waals surface area (Å²) in [5, 5.41) is 2.83. The molecule has 9 heteroatoms. The third-order valence-corrected chi connectivity index (χ3v) is 5.79. The molecule has 1 saturated heterocycles. The van der Waals surface area contributed by atoms with Gasteiger partial charge in [-0.25, -0.2) is 0 Å². The van der Waals surface area contributed by atoms with Crippen LogP contribution in [0.5, 0.6) is 17.2 Å². The SMILES string of the molecule is COc1cc(NC(=O)CCN2C(=O)COc3ccccc32)c(C(=O)N2CCCC2)cc1OC. The molecule has 0 saturated carbocycles. The number of nitrogens with zero attached hydrogens (tertiary/aromatic N) is 2. The molecule has 1 fully saturated rings. The van der Waals surface area contributed by atoms with Crippen LogP contribution in [0.2, 0.25) is 0 Å². The molecular formula is C24H27N3O6. The Morgan fingerprint density at radius 2 is 1.76 bits per heavy atom. The molecule has 0 atom stereocenters. The highest BCUT2D eigenvalue weighted by Gasteiger charge is 2.27. The molecule has 0 radical (unpaired) electrons. The number of benzene rings is 2. The number of ether oxygens (including phenoxy) is 3. The van der Waals surface area contributed by atoms with Gasteiger partial charge in [-0.2, -0.15) is 0 Å². The van der Waals surface area contributed by atoms with Gasteiger partial charge in [0, 0.05) is 32.1 Å². The van der Waals surface area contributed by atoms with E-state index >= 15 is 0 Å². The highest BCUT2D eigenvalue weighted by molar-refractivity contribution is 6.05. The van der Waals surface area contributed by atoms with Gasteiger partial charge >= 0.3 is 0 Å². The van der Waals surface area contributed by atoms with E-state index in [0.29, 0.717) is 47.3 Å². The quantitative estimate of drug-likeness (QED) is 0.692. The van der Waals surface area contributed by atoms with Crippen LogP contribution >= 0.6 is 0 Å². The molecule has 1 N–H and O–H groups in total. The van der Waals surface area contributed by atoms with E-state index in [1.165, 1.54) is 14.2 Å². The number of para-hydroxylation sites is 2. The van der Waals surface area contributed by atoms with E-state index in [1.54, 1.807) is 34.1 Å². The molecule has 3 amide bonds. The van der Waals surface area contributed by atoms with Crippen LogP contribution in [0, 0.1) is 0 Å². The summed E-state index contributed by atoms with van der Waals surface area (Å²) in [5.41, 5.74) is 1.33. The molecule has 2 aromatic carbocycles. The molecule has 33 heavy (non-hydrogen) atoms. The summed E-state index contributed by atoms with van der Waals surface area (Å²) in [7, 11) is 2.99. The standard InChI is InChI=1S/C24H27N3O6/c1-31-20-13-16(24(30)26-10-5-6-11-26)17(14-21(20)32-2)25-22(28)9-12-27-18-7-3-4-8-19(18)33-15-23(27)29/h3-4,7-8,13-14H,5-6,9-12,15H2,1-2H3,(H,25,28). The Balaban J connectivity index is 1.52. The molecule has 9 nitrogen and oxygen atoms in total. The lowest BCUT2D eigenvalue weighted by Crippen LogP contribution is -2.40. The number of nitrogens with one attached hydrogen (secondary N) is 1. The summed E-state index contributed by atoms with van der Waals surface area (Å²) in [5.74, 6) is 0.723. The first kappa shape index (κ1) is 22.4. The summed E-state index contributed by atoms with van der Waals surface area (Å²) in [6.45, 7) is 1.48. The fourth-order valence-corrected chi connectivity index (χ4v) is 4.08. The van der Waals surface area contributed by atoms with Crippen LogP contribution in [0.15, 0.2) is 36.4 Å². The minimum Gasteiger partial charge on any atom is -0.493 e. The smallest absolute Gasteiger partial charge is 0.265 e. The maximum absolute atomic E-state index is 13.1. The normalized spacial score (nSPS) is 15.0. The van der Waals surface area contributed by atoms with Gasteiger partial charge in [-0.05, 0) is 31.0 Å². The Morgan fingerprint density at radius 3 is 2.48 bits per heavy atom. The second kappa shape index (κ2) is 9.81. The second-order valence-electron chi connectivity index (χ2n) is 7.85. The number of anilines is 2. The fraction of sp³-hybridized carbons (Fsp3) is 0.375. The zero-order chi connectivity index (χ0) is 23.4. The monoisotopic (exact) mass is 453 g/mol. The largest absolute Gasteiger partial charge is 0.493 e. The Hall–Kier alpha value is -3.75. The van der Waals surface area contributed by atoms with E-state index in [4.69, 9.17) is 14.2 Å². The number of hydrogen-bond acceptors (Lipinski definition) is 6. The molecular weight excluding hydrogens is 426 g/mol. The van der Waals surface area contributed by atoms with E-state index < -0.39 is 0 Å². The van der Waals surface area contributed by atoms with Crippen molar-refractivity contribution in [3.63, 3.8) is 0 Å². The van der Waals surface area contributed by atoms with Gasteiger partial charge in [-0.15, -0.1) is 0 Å². The average molecular weight is 453 g/mol. The fourth-order valence-electron chi connectivity index (χ4n) is 4.08. The molecule has 0 bridgehead atoms. The Labute approximate surface area is 192 Å². The summed E-state index contributed by atoms with van der Waals surface area (Å²) >= 11 is 0. The first-order valence-electron chi connectivity index (χ1n) is 10.9. The highest BCUT2D eigenvalue weighted by Crippen LogP contribution is 2.35. The van der Waals surface area contributed by atoms with Crippen LogP contribution in [0.4, 0.5) is 11.4 Å². The number of carbonyl (C=O) groups is 3. The van der Waals surface area contributed by atoms with Gasteiger partial charge in [0.1, 0.15) is 5.75 Å². The molecule has 0 spiro atoms. The second-order valence-corrected chi connectivity index (χ2v) is 7.85. The minimum atomic E-state index is -0.325. The lowest BCUT2D eigenvalue weighted by molar-refractivity contribution is -0.121. The number of rotatable bonds is 7. The Bertz CT molecular complexity index is 1060. The van der Waals surface area contributed by atoms with Crippen LogP contribution in [0.3, 0.4) is 0 Å². The van der Waals surface area contributed by atoms with Gasteiger partial charge in [0.15, 0.2) is 18.1 Å². The topological polar surface area (TPSA) is 97.4 Å². The zero-order valence-electron chi connectivity index (χ0n) is 18.8. The third-order valence-electron chi connectivity index (χ3n) is 5.79. The van der Waals surface area contributed by atoms with Crippen molar-refractivity contribution in [2.24, 2.45) is 0 Å². The lowest BCUT2D eigenvalue weighted by atomic mass is 10.1. The molecule has 2 heterocycles. The number of amides is 3. The highest BCUT2D eigenvalue weighted by atomic mass is 16.5. The van der Waals surface area contributed by atoms with Crippen LogP contribution < -0.4 is 24.4 Å². The van der Waals surface area contributed by atoms with Crippen LogP contribution in [0.1, 0.15) is 29.6 Å². The van der Waals surface area contributed by atoms with Crippen molar-refractivity contribution in [1.29, 1.82) is 0 Å². The van der Waals surface area contributed by atoms with Crippen molar-refractivity contribution in [2.75, 3.05) is 50.7 Å². The summed E-state index contributed by atoms with van der Waals surface area (Å²) in [6.07, 6.45) is 1.96. The number of hydrogen-bond donors (Lipinski definition) is 1. The maximum atomic E-state index is 13.1. The average Bonchev–Trinajstić information content (AvgIpc) is 3.37. The third kappa shape index (κ3) is 4.72. The number of methoxy groups -OCH3 is 2. The van der Waals surface area contributed by atoms with E-state index in [2.05, 4.69) is 5.32 Å². The summed E-state index contributed by atoms with van der Waals surface area (Å²) in [4.78, 5) is 41.6. The van der Waals surface area contributed by atoms with Gasteiger partial charge in [0.2, 0.25) is 5.91 Å². The molecule has 2 aromatic rings. The molecule has 174 valence electrons. The Kier molecular flexibility index (Phi) is 6.67. The Morgan fingerprint density at radius 1 is 1.06 bits per heavy atom. The predicted molar refractivity (Wildman–Crippen MR) is 122 cm³/mol. The van der Waals surface area contributed by atoms with Crippen molar-refractivity contribution < 1.29 is 28.6 Å². The molecule has 2 aliphatic rings. The van der Waals surface area contributed by atoms with Crippen molar-refractivity contribution >= 4 is 29.1 Å². The molecule has 0 unspecified atom stereocenters. The van der Waals surface area contributed by atoms with Crippen molar-refractivity contribution in [1.82, 2.24) is 4.90 Å². The van der Waals surface area contributed by atoms with E-state index in [-0.39, 0.29) is 37.3 Å². The molecule has 0 aliphatic carbocycles. The van der Waals surface area contributed by atoms with Gasteiger partial charge in [-0.3, -0.25) is 14.4 Å². The molecule has 2 aliphatic heterocycles. The minimum absolute atomic E-state index is 0.0474. The van der Waals surface area contributed by atoms with E-state index in [0.717, 1.165) is 12.8 Å². The van der Waals surface area contributed by atoms with Crippen LogP contribution in [-0.4, -0.2) is 63.1 Å². The first-order chi connectivity index (χ1) is 16.0. The molecule has 0 aromatic heterocycles. The number of likely N-dealkylation sites (tertiary alicyclic amines) is 1. The molecule has 4 rings (SSSR count). The van der Waals surface area contributed by atoms with Crippen LogP contribution in [0.25, 0.3) is 0 Å². The van der Waals surface area contributed by atoms with Gasteiger partial charge in [-0.1, -0.05) is 12.1 Å². The van der Waals surface area contributed by atoms with E-state index in [1.807, 2.05) is 12.1 Å². The van der Waals surface area contributed by atoms with Crippen molar-refractivity contribution in [3.05, 3.63) is 42.0 Å². The number of carbonyl (C=O) groups excluding carboxylic acids is 3. The zero-order valence-corrected chi connectivity index (χ0v) is 18.8. The predicted octanol–water partition coefficient (Wildman–Crippen LogP) is 2.69. The van der Waals surface area contributed by atoms with E-state index in [9.17, 15) is 14.4 Å². The van der Waals surface area contributed by atoms with Gasteiger partial charge in [0.05, 0.1) is 31.2 Å². The van der Waals surface area contributed by atoms with Gasteiger partial charge in [0.25, 0.3) is 11.8 Å². The number of fused-ring (bicyclic) bond motifs is 1. The first-order valence-corrected chi connectivity index (χ1v) is 10.9. The van der Waals surface area contributed by atoms with Gasteiger partial charge < -0.3 is 29.3 Å².